The molecule has 0 radical (unpaired) electrons. The molecule has 0 spiro atoms. The summed E-state index contributed by atoms with van der Waals surface area (Å²) in [5, 5.41) is 35.7. The lowest BCUT2D eigenvalue weighted by molar-refractivity contribution is -0.140. The van der Waals surface area contributed by atoms with Gasteiger partial charge in [-0.2, -0.15) is 0 Å². The van der Waals surface area contributed by atoms with Crippen LogP contribution in [-0.4, -0.2) is 89.5 Å². The summed E-state index contributed by atoms with van der Waals surface area (Å²) >= 11 is 0. The number of hydrogen-bond acceptors (Lipinski definition) is 8. The van der Waals surface area contributed by atoms with Crippen molar-refractivity contribution in [3.8, 4) is 0 Å². The number of hydrogen-bond donors (Lipinski definition) is 7. The number of rotatable bonds is 13. The third kappa shape index (κ3) is 12.3. The predicted molar refractivity (Wildman–Crippen MR) is 96.4 cm³/mol. The van der Waals surface area contributed by atoms with Gasteiger partial charge in [-0.25, -0.2) is 9.79 Å². The Hall–Kier alpha value is -3.75. The smallest absolute Gasteiger partial charge is 0.322 e. The summed E-state index contributed by atoms with van der Waals surface area (Å²) in [6.45, 7) is 2.11. The first kappa shape index (κ1) is 25.2. The zero-order chi connectivity index (χ0) is 22.4. The number of nitrogens with zero attached hydrogens (tertiary/aromatic N) is 2. The molecule has 3 amide bonds. The second kappa shape index (κ2) is 13.4. The van der Waals surface area contributed by atoms with Crippen LogP contribution in [0.2, 0.25) is 0 Å². The molecule has 0 fully saturated rings. The number of nitrogens with two attached hydrogens (primary N) is 1. The van der Waals surface area contributed by atoms with E-state index >= 15 is 0 Å². The van der Waals surface area contributed by atoms with Crippen LogP contribution in [0.1, 0.15) is 12.8 Å². The third-order valence-corrected chi connectivity index (χ3v) is 2.94. The van der Waals surface area contributed by atoms with Gasteiger partial charge in [-0.1, -0.05) is 5.16 Å². The topological polar surface area (TPSA) is 242 Å². The lowest BCUT2D eigenvalue weighted by atomic mass is 10.2. The van der Waals surface area contributed by atoms with Gasteiger partial charge in [-0.15, -0.1) is 0 Å². The highest BCUT2D eigenvalue weighted by Gasteiger charge is 2.24. The number of urea groups is 1. The summed E-state index contributed by atoms with van der Waals surface area (Å²) in [6, 6.07) is -3.46. The van der Waals surface area contributed by atoms with E-state index in [0.29, 0.717) is 0 Å². The zero-order valence-corrected chi connectivity index (χ0v) is 15.2. The molecule has 0 rings (SSSR count). The minimum Gasteiger partial charge on any atom is -0.481 e. The normalized spacial score (nSPS) is 12.8. The predicted octanol–water partition coefficient (Wildman–Crippen LogP) is -2.84. The Labute approximate surface area is 164 Å². The molecule has 29 heavy (non-hydrogen) atoms. The minimum absolute atomic E-state index is 0.134. The van der Waals surface area contributed by atoms with Crippen molar-refractivity contribution >= 4 is 42.4 Å². The van der Waals surface area contributed by atoms with Gasteiger partial charge in [0.1, 0.15) is 19.2 Å². The maximum absolute atomic E-state index is 11.8. The van der Waals surface area contributed by atoms with E-state index in [1.807, 2.05) is 5.32 Å². The van der Waals surface area contributed by atoms with Gasteiger partial charge in [0.25, 0.3) is 0 Å². The number of oxime groups is 1. The average Bonchev–Trinajstić information content (AvgIpc) is 2.60. The maximum Gasteiger partial charge on any atom is 0.322 e. The van der Waals surface area contributed by atoms with Gasteiger partial charge in [0.2, 0.25) is 5.91 Å². The molecule has 0 unspecified atom stereocenters. The van der Waals surface area contributed by atoms with Crippen LogP contribution in [0.3, 0.4) is 0 Å². The molecule has 0 aliphatic rings. The van der Waals surface area contributed by atoms with E-state index in [-0.39, 0.29) is 19.0 Å². The lowest BCUT2D eigenvalue weighted by Gasteiger charge is -2.16. The summed E-state index contributed by atoms with van der Waals surface area (Å²) in [6.07, 6.45) is -1.22. The molecule has 0 aromatic heterocycles. The van der Waals surface area contributed by atoms with Crippen LogP contribution >= 0.6 is 0 Å². The number of nitrogens with one attached hydrogen (secondary N) is 3. The first-order valence-electron chi connectivity index (χ1n) is 7.96. The standard InChI is InChI=1S/C14H22N6O9/c1-16-12(7(15)4-9(21)22)20-29-3-2-17-14(28)19-8(5-10(23)24)13(27)18-6-11(25)26/h7-8H,1-6,15H2,(H,18,27)(H,21,22)(H,23,24)(H,25,26)(H2,17,19,28)/b20-12-/t7-,8-/m0/s1. The van der Waals surface area contributed by atoms with Crippen molar-refractivity contribution < 1.29 is 44.1 Å². The molecule has 0 bridgehead atoms. The van der Waals surface area contributed by atoms with Crippen LogP contribution in [0.4, 0.5) is 4.79 Å². The van der Waals surface area contributed by atoms with E-state index in [9.17, 15) is 24.0 Å². The highest BCUT2D eigenvalue weighted by atomic mass is 16.6. The quantitative estimate of drug-likeness (QED) is 0.0699. The molecule has 8 N–H and O–H groups in total. The minimum atomic E-state index is -1.50. The summed E-state index contributed by atoms with van der Waals surface area (Å²) in [4.78, 5) is 63.5. The van der Waals surface area contributed by atoms with E-state index < -0.39 is 61.3 Å². The van der Waals surface area contributed by atoms with Gasteiger partial charge < -0.3 is 41.8 Å². The lowest BCUT2D eigenvalue weighted by Crippen LogP contribution is -2.52. The van der Waals surface area contributed by atoms with E-state index in [1.165, 1.54) is 0 Å². The number of carbonyl (C=O) groups is 5. The zero-order valence-electron chi connectivity index (χ0n) is 15.2. The number of amides is 3. The number of aliphatic imine (C=N–C) groups is 1. The van der Waals surface area contributed by atoms with Gasteiger partial charge in [-0.3, -0.25) is 19.2 Å². The van der Waals surface area contributed by atoms with Crippen LogP contribution < -0.4 is 21.7 Å². The molecule has 15 heteroatoms. The molecule has 0 saturated carbocycles. The molecule has 2 atom stereocenters. The molecule has 0 aromatic carbocycles. The van der Waals surface area contributed by atoms with Gasteiger partial charge in [-0.05, 0) is 6.72 Å². The average molecular weight is 418 g/mol. The molecular formula is C14H22N6O9. The van der Waals surface area contributed by atoms with Crippen molar-refractivity contribution in [2.45, 2.75) is 24.9 Å². The number of carbonyl (C=O) groups excluding carboxylic acids is 2. The molecule has 0 aliphatic heterocycles. The van der Waals surface area contributed by atoms with Crippen molar-refractivity contribution in [3.63, 3.8) is 0 Å². The number of amidine groups is 1. The molecule has 0 aliphatic carbocycles. The summed E-state index contributed by atoms with van der Waals surface area (Å²) in [5.74, 6) is -5.05. The van der Waals surface area contributed by atoms with Crippen LogP contribution in [0.5, 0.6) is 0 Å². The fourth-order valence-electron chi connectivity index (χ4n) is 1.69. The van der Waals surface area contributed by atoms with Crippen molar-refractivity contribution in [3.05, 3.63) is 0 Å². The van der Waals surface area contributed by atoms with E-state index in [4.69, 9.17) is 25.9 Å². The number of carboxylic acids is 3. The fraction of sp³-hybridized carbons (Fsp3) is 0.500. The molecule has 0 saturated heterocycles. The Bertz CT molecular complexity index is 666. The monoisotopic (exact) mass is 418 g/mol. The number of aliphatic carboxylic acids is 3. The van der Waals surface area contributed by atoms with Crippen molar-refractivity contribution in [1.82, 2.24) is 16.0 Å². The van der Waals surface area contributed by atoms with Crippen molar-refractivity contribution in [1.29, 1.82) is 0 Å². The number of carboxylic acid groups (broad SMARTS) is 3. The maximum atomic E-state index is 11.8. The first-order valence-corrected chi connectivity index (χ1v) is 7.96. The fourth-order valence-corrected chi connectivity index (χ4v) is 1.69. The molecule has 0 heterocycles. The third-order valence-electron chi connectivity index (χ3n) is 2.94. The van der Waals surface area contributed by atoms with Crippen LogP contribution in [-0.2, 0) is 24.0 Å². The Balaban J connectivity index is 4.48. The first-order chi connectivity index (χ1) is 13.6. The molecule has 162 valence electrons. The second-order valence-corrected chi connectivity index (χ2v) is 5.31. The Morgan fingerprint density at radius 3 is 2.14 bits per heavy atom. The van der Waals surface area contributed by atoms with Crippen LogP contribution in [0.15, 0.2) is 10.1 Å². The van der Waals surface area contributed by atoms with Crippen LogP contribution in [0.25, 0.3) is 0 Å². The molecule has 0 aromatic rings. The van der Waals surface area contributed by atoms with Crippen molar-refractivity contribution in [2.75, 3.05) is 19.7 Å². The van der Waals surface area contributed by atoms with E-state index in [0.717, 1.165) is 0 Å². The highest BCUT2D eigenvalue weighted by molar-refractivity contribution is 5.93. The Kier molecular flexibility index (Phi) is 11.7. The Morgan fingerprint density at radius 2 is 1.62 bits per heavy atom. The molecular weight excluding hydrogens is 396 g/mol. The second-order valence-electron chi connectivity index (χ2n) is 5.31. The summed E-state index contributed by atoms with van der Waals surface area (Å²) in [5.41, 5.74) is 5.53. The van der Waals surface area contributed by atoms with Gasteiger partial charge in [0.05, 0.1) is 25.4 Å². The van der Waals surface area contributed by atoms with Crippen LogP contribution in [0, 0.1) is 0 Å². The van der Waals surface area contributed by atoms with E-state index in [1.54, 1.807) is 0 Å². The van der Waals surface area contributed by atoms with Crippen molar-refractivity contribution in [2.24, 2.45) is 15.9 Å². The summed E-state index contributed by atoms with van der Waals surface area (Å²) < 4.78 is 0. The van der Waals surface area contributed by atoms with Gasteiger partial charge in [0, 0.05) is 0 Å². The largest absolute Gasteiger partial charge is 0.481 e. The van der Waals surface area contributed by atoms with Gasteiger partial charge in [0.15, 0.2) is 5.84 Å². The van der Waals surface area contributed by atoms with Gasteiger partial charge >= 0.3 is 23.9 Å². The van der Waals surface area contributed by atoms with E-state index in [2.05, 4.69) is 27.5 Å². The summed E-state index contributed by atoms with van der Waals surface area (Å²) in [7, 11) is 0. The highest BCUT2D eigenvalue weighted by Crippen LogP contribution is 1.96. The SMILES string of the molecule is C=N/C(=N\OCCNC(=O)N[C@@H](CC(=O)O)C(=O)NCC(=O)O)[C@@H](N)CC(=O)O. The Morgan fingerprint density at radius 1 is 1.00 bits per heavy atom. The molecule has 15 nitrogen and oxygen atoms in total.